The fourth-order valence-electron chi connectivity index (χ4n) is 6.32. The molecule has 4 heteroatoms. The van der Waals surface area contributed by atoms with Crippen molar-refractivity contribution in [2.45, 2.75) is 38.1 Å². The molecule has 0 amide bonds. The highest BCUT2D eigenvalue weighted by Crippen LogP contribution is 2.58. The first-order valence-electron chi connectivity index (χ1n) is 10.3. The maximum Gasteiger partial charge on any atom is 0.182 e. The Hall–Kier alpha value is -2.49. The number of tetrazole rings is 1. The van der Waals surface area contributed by atoms with Crippen LogP contribution in [-0.4, -0.2) is 20.2 Å². The van der Waals surface area contributed by atoms with E-state index in [1.54, 1.807) is 0 Å². The molecule has 0 saturated heterocycles. The molecule has 4 bridgehead atoms. The van der Waals surface area contributed by atoms with Crippen LogP contribution in [-0.2, 0) is 0 Å². The van der Waals surface area contributed by atoms with E-state index in [2.05, 4.69) is 74.8 Å². The standard InChI is InChI=1S/C23H24N4/c1-2-4-17(5-3-1)18-6-8-19(9-7-18)23-24-25-26-27(23)22-20-11-15-10-16(13-20)14-21(22)12-15/h1-9,15-16,20-22H,10-14H2. The topological polar surface area (TPSA) is 43.6 Å². The van der Waals surface area contributed by atoms with Gasteiger partial charge in [-0.15, -0.1) is 5.10 Å². The van der Waals surface area contributed by atoms with Crippen LogP contribution < -0.4 is 0 Å². The molecule has 0 radical (unpaired) electrons. The van der Waals surface area contributed by atoms with Gasteiger partial charge in [-0.25, -0.2) is 4.68 Å². The van der Waals surface area contributed by atoms with Crippen molar-refractivity contribution in [1.82, 2.24) is 20.2 Å². The van der Waals surface area contributed by atoms with Crippen LogP contribution in [0.15, 0.2) is 54.6 Å². The average Bonchev–Trinajstić information content (AvgIpc) is 3.17. The first-order valence-corrected chi connectivity index (χ1v) is 10.3. The smallest absolute Gasteiger partial charge is 0.182 e. The quantitative estimate of drug-likeness (QED) is 0.663. The highest BCUT2D eigenvalue weighted by Gasteiger charge is 2.50. The fraction of sp³-hybridized carbons (Fsp3) is 0.435. The summed E-state index contributed by atoms with van der Waals surface area (Å²) in [5.41, 5.74) is 3.59. The van der Waals surface area contributed by atoms with E-state index in [9.17, 15) is 0 Å². The molecule has 0 atom stereocenters. The lowest BCUT2D eigenvalue weighted by Crippen LogP contribution is -2.46. The van der Waals surface area contributed by atoms with E-state index in [0.717, 1.165) is 35.1 Å². The largest absolute Gasteiger partial charge is 0.222 e. The van der Waals surface area contributed by atoms with Crippen LogP contribution in [0, 0.1) is 23.7 Å². The van der Waals surface area contributed by atoms with Crippen molar-refractivity contribution in [1.29, 1.82) is 0 Å². The molecule has 1 aromatic heterocycles. The highest BCUT2D eigenvalue weighted by atomic mass is 15.6. The van der Waals surface area contributed by atoms with E-state index in [4.69, 9.17) is 0 Å². The van der Waals surface area contributed by atoms with Gasteiger partial charge in [0.2, 0.25) is 0 Å². The zero-order valence-corrected chi connectivity index (χ0v) is 15.4. The van der Waals surface area contributed by atoms with Crippen molar-refractivity contribution < 1.29 is 0 Å². The summed E-state index contributed by atoms with van der Waals surface area (Å²) in [7, 11) is 0. The molecule has 136 valence electrons. The molecule has 4 saturated carbocycles. The first kappa shape index (κ1) is 15.6. The van der Waals surface area contributed by atoms with Gasteiger partial charge >= 0.3 is 0 Å². The van der Waals surface area contributed by atoms with Gasteiger partial charge in [-0.1, -0.05) is 54.6 Å². The number of nitrogens with zero attached hydrogens (tertiary/aromatic N) is 4. The molecule has 7 rings (SSSR count). The van der Waals surface area contributed by atoms with Gasteiger partial charge in [-0.05, 0) is 77.3 Å². The van der Waals surface area contributed by atoms with Crippen molar-refractivity contribution in [2.75, 3.05) is 0 Å². The third-order valence-electron chi connectivity index (χ3n) is 7.20. The third-order valence-corrected chi connectivity index (χ3v) is 7.20. The van der Waals surface area contributed by atoms with Crippen LogP contribution in [0.4, 0.5) is 0 Å². The van der Waals surface area contributed by atoms with Gasteiger partial charge in [0.25, 0.3) is 0 Å². The summed E-state index contributed by atoms with van der Waals surface area (Å²) in [6.07, 6.45) is 6.99. The second-order valence-corrected chi connectivity index (χ2v) is 8.81. The van der Waals surface area contributed by atoms with Crippen molar-refractivity contribution >= 4 is 0 Å². The number of hydrogen-bond donors (Lipinski definition) is 0. The predicted molar refractivity (Wildman–Crippen MR) is 105 cm³/mol. The lowest BCUT2D eigenvalue weighted by molar-refractivity contribution is -0.0336. The maximum atomic E-state index is 4.47. The van der Waals surface area contributed by atoms with Crippen LogP contribution in [0.1, 0.15) is 38.1 Å². The summed E-state index contributed by atoms with van der Waals surface area (Å²) in [5.74, 6) is 4.41. The van der Waals surface area contributed by atoms with Crippen LogP contribution in [0.5, 0.6) is 0 Å². The van der Waals surface area contributed by atoms with Crippen LogP contribution in [0.3, 0.4) is 0 Å². The van der Waals surface area contributed by atoms with Crippen molar-refractivity contribution in [3.05, 3.63) is 54.6 Å². The van der Waals surface area contributed by atoms with E-state index in [0.29, 0.717) is 6.04 Å². The first-order chi connectivity index (χ1) is 13.3. The van der Waals surface area contributed by atoms with E-state index in [1.165, 1.54) is 43.2 Å². The van der Waals surface area contributed by atoms with Crippen LogP contribution >= 0.6 is 0 Å². The summed E-state index contributed by atoms with van der Waals surface area (Å²) in [6, 6.07) is 19.7. The van der Waals surface area contributed by atoms with Crippen LogP contribution in [0.2, 0.25) is 0 Å². The molecule has 0 aliphatic heterocycles. The van der Waals surface area contributed by atoms with Gasteiger partial charge in [-0.3, -0.25) is 0 Å². The Morgan fingerprint density at radius 1 is 0.667 bits per heavy atom. The lowest BCUT2D eigenvalue weighted by Gasteiger charge is -2.54. The van der Waals surface area contributed by atoms with E-state index in [1.807, 2.05) is 0 Å². The maximum absolute atomic E-state index is 4.47. The predicted octanol–water partition coefficient (Wildman–Crippen LogP) is 5.00. The Bertz CT molecular complexity index is 916. The molecule has 0 spiro atoms. The molecule has 4 fully saturated rings. The molecular formula is C23H24N4. The number of benzene rings is 2. The van der Waals surface area contributed by atoms with Crippen LogP contribution in [0.25, 0.3) is 22.5 Å². The number of hydrogen-bond acceptors (Lipinski definition) is 3. The molecule has 0 unspecified atom stereocenters. The van der Waals surface area contributed by atoms with E-state index >= 15 is 0 Å². The average molecular weight is 356 g/mol. The van der Waals surface area contributed by atoms with Crippen molar-refractivity contribution in [3.63, 3.8) is 0 Å². The van der Waals surface area contributed by atoms with Gasteiger partial charge in [0.1, 0.15) is 0 Å². The van der Waals surface area contributed by atoms with Gasteiger partial charge in [0.05, 0.1) is 6.04 Å². The van der Waals surface area contributed by atoms with Gasteiger partial charge in [0, 0.05) is 5.56 Å². The second-order valence-electron chi connectivity index (χ2n) is 8.81. The minimum Gasteiger partial charge on any atom is -0.222 e. The SMILES string of the molecule is c1ccc(-c2ccc(-c3nnnn3C3C4CC5CC(C4)CC3C5)cc2)cc1. The summed E-state index contributed by atoms with van der Waals surface area (Å²) in [4.78, 5) is 0. The summed E-state index contributed by atoms with van der Waals surface area (Å²) >= 11 is 0. The lowest BCUT2D eigenvalue weighted by atomic mass is 9.54. The molecular weight excluding hydrogens is 332 g/mol. The van der Waals surface area contributed by atoms with Gasteiger partial charge in [-0.2, -0.15) is 0 Å². The third kappa shape index (κ3) is 2.53. The summed E-state index contributed by atoms with van der Waals surface area (Å²) in [6.45, 7) is 0. The Morgan fingerprint density at radius 3 is 1.93 bits per heavy atom. The minimum atomic E-state index is 0.497. The monoisotopic (exact) mass is 356 g/mol. The molecule has 2 aromatic carbocycles. The van der Waals surface area contributed by atoms with Crippen molar-refractivity contribution in [3.8, 4) is 22.5 Å². The van der Waals surface area contributed by atoms with Crippen molar-refractivity contribution in [2.24, 2.45) is 23.7 Å². The molecule has 3 aromatic rings. The molecule has 4 aliphatic rings. The molecule has 0 N–H and O–H groups in total. The van der Waals surface area contributed by atoms with Gasteiger partial charge in [0.15, 0.2) is 5.82 Å². The summed E-state index contributed by atoms with van der Waals surface area (Å²) < 4.78 is 2.17. The normalized spacial score (nSPS) is 31.3. The minimum absolute atomic E-state index is 0.497. The van der Waals surface area contributed by atoms with Gasteiger partial charge < -0.3 is 0 Å². The zero-order valence-electron chi connectivity index (χ0n) is 15.4. The Kier molecular flexibility index (Phi) is 3.46. The molecule has 4 nitrogen and oxygen atoms in total. The number of aromatic nitrogens is 4. The summed E-state index contributed by atoms with van der Waals surface area (Å²) in [5, 5.41) is 13.0. The molecule has 1 heterocycles. The second kappa shape index (κ2) is 6.01. The highest BCUT2D eigenvalue weighted by molar-refractivity contribution is 5.67. The zero-order chi connectivity index (χ0) is 17.8. The molecule has 27 heavy (non-hydrogen) atoms. The number of rotatable bonds is 3. The van der Waals surface area contributed by atoms with E-state index < -0.39 is 0 Å². The fourth-order valence-corrected chi connectivity index (χ4v) is 6.32. The molecule has 4 aliphatic carbocycles. The van der Waals surface area contributed by atoms with E-state index in [-0.39, 0.29) is 0 Å². The Labute approximate surface area is 159 Å². The Morgan fingerprint density at radius 2 is 1.26 bits per heavy atom. The Balaban J connectivity index is 1.33.